The molecular weight excluding hydrogens is 300 g/mol. The van der Waals surface area contributed by atoms with Gasteiger partial charge in [-0.05, 0) is 41.0 Å². The minimum absolute atomic E-state index is 0.459. The topological polar surface area (TPSA) is 73.9 Å². The molecule has 2 aromatic rings. The lowest BCUT2D eigenvalue weighted by atomic mass is 10.0. The number of hydrogen-bond acceptors (Lipinski definition) is 4. The van der Waals surface area contributed by atoms with Gasteiger partial charge in [0.15, 0.2) is 0 Å². The number of carbonyl (C=O) groups excluding carboxylic acids is 1. The van der Waals surface area contributed by atoms with Gasteiger partial charge in [0.2, 0.25) is 0 Å². The molecule has 0 saturated carbocycles. The number of allylic oxidation sites excluding steroid dienone is 2. The first-order chi connectivity index (χ1) is 11.7. The van der Waals surface area contributed by atoms with Crippen molar-refractivity contribution in [1.82, 2.24) is 0 Å². The summed E-state index contributed by atoms with van der Waals surface area (Å²) in [5, 5.41) is 17.7. The number of rotatable bonds is 4. The third-order valence-electron chi connectivity index (χ3n) is 3.32. The second-order valence-corrected chi connectivity index (χ2v) is 4.88. The summed E-state index contributed by atoms with van der Waals surface area (Å²) >= 11 is 0. The zero-order valence-corrected chi connectivity index (χ0v) is 13.1. The maximum Gasteiger partial charge on any atom is 0.331 e. The van der Waals surface area contributed by atoms with Crippen molar-refractivity contribution in [3.05, 3.63) is 82.9 Å². The van der Waals surface area contributed by atoms with E-state index in [2.05, 4.69) is 12.1 Å². The van der Waals surface area contributed by atoms with E-state index < -0.39 is 5.97 Å². The van der Waals surface area contributed by atoms with Crippen LogP contribution in [0.25, 0.3) is 11.6 Å². The molecule has 0 amide bonds. The Bertz CT molecular complexity index is 862. The van der Waals surface area contributed by atoms with Gasteiger partial charge in [0.05, 0.1) is 30.4 Å². The van der Waals surface area contributed by atoms with Gasteiger partial charge in [0.25, 0.3) is 0 Å². The van der Waals surface area contributed by atoms with Crippen LogP contribution >= 0.6 is 0 Å². The second-order valence-electron chi connectivity index (χ2n) is 4.88. The maximum atomic E-state index is 11.6. The molecule has 116 valence electrons. The van der Waals surface area contributed by atoms with Crippen molar-refractivity contribution in [3.8, 4) is 12.1 Å². The van der Waals surface area contributed by atoms with Crippen molar-refractivity contribution >= 4 is 17.6 Å². The van der Waals surface area contributed by atoms with Gasteiger partial charge in [0.1, 0.15) is 0 Å². The minimum Gasteiger partial charge on any atom is -0.466 e. The molecule has 0 radical (unpaired) electrons. The highest BCUT2D eigenvalue weighted by molar-refractivity contribution is 5.95. The van der Waals surface area contributed by atoms with Gasteiger partial charge >= 0.3 is 5.97 Å². The van der Waals surface area contributed by atoms with Crippen LogP contribution in [-0.2, 0) is 9.53 Å². The van der Waals surface area contributed by atoms with Crippen molar-refractivity contribution < 1.29 is 9.53 Å². The normalized spacial score (nSPS) is 10.9. The fourth-order valence-corrected chi connectivity index (χ4v) is 2.01. The molecule has 4 heteroatoms. The molecule has 0 aliphatic heterocycles. The second kappa shape index (κ2) is 8.12. The fraction of sp³-hybridized carbons (Fsp3) is 0.0500. The standard InChI is InChI=1S/C20H14N2O2/c1-24-20(23)12-19(18-9-7-17(14-22)8-10-18)11-6-15-2-4-16(13-21)5-3-15/h2-12H,1H3. The van der Waals surface area contributed by atoms with E-state index in [-0.39, 0.29) is 0 Å². The Morgan fingerprint density at radius 2 is 1.50 bits per heavy atom. The van der Waals surface area contributed by atoms with Crippen LogP contribution in [0.4, 0.5) is 0 Å². The number of ether oxygens (including phenoxy) is 1. The number of methoxy groups -OCH3 is 1. The molecular formula is C20H14N2O2. The Morgan fingerprint density at radius 1 is 0.958 bits per heavy atom. The van der Waals surface area contributed by atoms with Crippen LogP contribution in [-0.4, -0.2) is 13.1 Å². The van der Waals surface area contributed by atoms with E-state index >= 15 is 0 Å². The molecule has 2 aromatic carbocycles. The number of hydrogen-bond donors (Lipinski definition) is 0. The van der Waals surface area contributed by atoms with Crippen molar-refractivity contribution in [3.63, 3.8) is 0 Å². The highest BCUT2D eigenvalue weighted by Crippen LogP contribution is 2.19. The van der Waals surface area contributed by atoms with Gasteiger partial charge in [-0.3, -0.25) is 0 Å². The van der Waals surface area contributed by atoms with E-state index in [1.54, 1.807) is 42.5 Å². The molecule has 0 saturated heterocycles. The number of nitrogens with zero attached hydrogens (tertiary/aromatic N) is 2. The summed E-state index contributed by atoms with van der Waals surface area (Å²) in [6, 6.07) is 18.2. The SMILES string of the molecule is COC(=O)C=C(C=Cc1ccc(C#N)cc1)c1ccc(C#N)cc1. The molecule has 0 aliphatic carbocycles. The van der Waals surface area contributed by atoms with Gasteiger partial charge in [-0.15, -0.1) is 0 Å². The van der Waals surface area contributed by atoms with Crippen LogP contribution in [0.3, 0.4) is 0 Å². The van der Waals surface area contributed by atoms with Crippen LogP contribution in [0.1, 0.15) is 22.3 Å². The smallest absolute Gasteiger partial charge is 0.331 e. The molecule has 0 unspecified atom stereocenters. The number of esters is 1. The third-order valence-corrected chi connectivity index (χ3v) is 3.32. The minimum atomic E-state index is -0.459. The molecule has 0 spiro atoms. The van der Waals surface area contributed by atoms with Gasteiger partial charge in [-0.2, -0.15) is 10.5 Å². The van der Waals surface area contributed by atoms with Crippen LogP contribution in [0.5, 0.6) is 0 Å². The Labute approximate surface area is 140 Å². The molecule has 0 aromatic heterocycles. The Morgan fingerprint density at radius 3 is 2.00 bits per heavy atom. The third kappa shape index (κ3) is 4.43. The lowest BCUT2D eigenvalue weighted by molar-refractivity contribution is -0.134. The molecule has 0 heterocycles. The summed E-state index contributed by atoms with van der Waals surface area (Å²) < 4.78 is 4.69. The Balaban J connectivity index is 2.33. The van der Waals surface area contributed by atoms with Crippen molar-refractivity contribution in [2.24, 2.45) is 0 Å². The predicted molar refractivity (Wildman–Crippen MR) is 91.3 cm³/mol. The number of nitriles is 2. The van der Waals surface area contributed by atoms with E-state index in [1.165, 1.54) is 13.2 Å². The molecule has 4 nitrogen and oxygen atoms in total. The summed E-state index contributed by atoms with van der Waals surface area (Å²) in [6.45, 7) is 0. The summed E-state index contributed by atoms with van der Waals surface area (Å²) in [6.07, 6.45) is 5.02. The molecule has 24 heavy (non-hydrogen) atoms. The van der Waals surface area contributed by atoms with E-state index in [1.807, 2.05) is 18.2 Å². The van der Waals surface area contributed by atoms with Gasteiger partial charge in [-0.25, -0.2) is 4.79 Å². The van der Waals surface area contributed by atoms with E-state index in [9.17, 15) is 4.79 Å². The largest absolute Gasteiger partial charge is 0.466 e. The van der Waals surface area contributed by atoms with Crippen LogP contribution in [0.15, 0.2) is 60.7 Å². The first-order valence-electron chi connectivity index (χ1n) is 7.14. The monoisotopic (exact) mass is 314 g/mol. The molecule has 0 N–H and O–H groups in total. The number of carbonyl (C=O) groups is 1. The first-order valence-corrected chi connectivity index (χ1v) is 7.14. The average molecular weight is 314 g/mol. The van der Waals surface area contributed by atoms with Crippen molar-refractivity contribution in [2.75, 3.05) is 7.11 Å². The van der Waals surface area contributed by atoms with Gasteiger partial charge in [-0.1, -0.05) is 36.4 Å². The van der Waals surface area contributed by atoms with Gasteiger partial charge < -0.3 is 4.74 Å². The van der Waals surface area contributed by atoms with Gasteiger partial charge in [0, 0.05) is 6.08 Å². The lowest BCUT2D eigenvalue weighted by Crippen LogP contribution is -1.96. The molecule has 0 fully saturated rings. The quantitative estimate of drug-likeness (QED) is 0.490. The number of benzene rings is 2. The van der Waals surface area contributed by atoms with E-state index in [0.29, 0.717) is 16.7 Å². The van der Waals surface area contributed by atoms with E-state index in [4.69, 9.17) is 15.3 Å². The zero-order valence-electron chi connectivity index (χ0n) is 13.1. The molecule has 0 bridgehead atoms. The molecule has 2 rings (SSSR count). The summed E-state index contributed by atoms with van der Waals surface area (Å²) in [7, 11) is 1.32. The Hall–Kier alpha value is -3.63. The highest BCUT2D eigenvalue weighted by Gasteiger charge is 2.03. The fourth-order valence-electron chi connectivity index (χ4n) is 2.01. The van der Waals surface area contributed by atoms with Crippen LogP contribution in [0, 0.1) is 22.7 Å². The molecule has 0 aliphatic rings. The maximum absolute atomic E-state index is 11.6. The van der Waals surface area contributed by atoms with Crippen molar-refractivity contribution in [2.45, 2.75) is 0 Å². The summed E-state index contributed by atoms with van der Waals surface area (Å²) in [4.78, 5) is 11.6. The first kappa shape index (κ1) is 16.7. The summed E-state index contributed by atoms with van der Waals surface area (Å²) in [5.41, 5.74) is 3.50. The average Bonchev–Trinajstić information content (AvgIpc) is 2.65. The highest BCUT2D eigenvalue weighted by atomic mass is 16.5. The molecule has 0 atom stereocenters. The van der Waals surface area contributed by atoms with Crippen LogP contribution in [0.2, 0.25) is 0 Å². The Kier molecular flexibility index (Phi) is 5.66. The van der Waals surface area contributed by atoms with Crippen molar-refractivity contribution in [1.29, 1.82) is 10.5 Å². The lowest BCUT2D eigenvalue weighted by Gasteiger charge is -2.03. The van der Waals surface area contributed by atoms with E-state index in [0.717, 1.165) is 11.1 Å². The predicted octanol–water partition coefficient (Wildman–Crippen LogP) is 3.70. The summed E-state index contributed by atoms with van der Waals surface area (Å²) in [5.74, 6) is -0.459. The van der Waals surface area contributed by atoms with Crippen LogP contribution < -0.4 is 0 Å². The zero-order chi connectivity index (χ0) is 17.4.